The smallest absolute Gasteiger partial charge is 0.280 e. The van der Waals surface area contributed by atoms with E-state index < -0.39 is 5.82 Å². The maximum Gasteiger partial charge on any atom is 0.280 e. The topological polar surface area (TPSA) is 42.4 Å². The molecule has 0 atom stereocenters. The van der Waals surface area contributed by atoms with Gasteiger partial charge in [-0.25, -0.2) is 4.39 Å². The molecule has 7 heteroatoms. The lowest BCUT2D eigenvalue weighted by Gasteiger charge is -2.01. The Morgan fingerprint density at radius 1 is 1.53 bits per heavy atom. The number of benzene rings is 1. The Morgan fingerprint density at radius 3 is 2.88 bits per heavy atom. The van der Waals surface area contributed by atoms with Crippen LogP contribution >= 0.6 is 38.9 Å². The maximum atomic E-state index is 13.2. The summed E-state index contributed by atoms with van der Waals surface area (Å²) in [5.74, 6) is -0.104. The molecule has 0 radical (unpaired) electrons. The molecule has 1 aromatic carbocycles. The summed E-state index contributed by atoms with van der Waals surface area (Å²) in [6.07, 6.45) is 0. The molecule has 2 rings (SSSR count). The lowest BCUT2D eigenvalue weighted by atomic mass is 10.3. The van der Waals surface area contributed by atoms with E-state index in [1.54, 1.807) is 6.07 Å². The average Bonchev–Trinajstić information content (AvgIpc) is 2.64. The molecule has 2 aromatic rings. The van der Waals surface area contributed by atoms with Crippen molar-refractivity contribution in [1.82, 2.24) is 4.98 Å². The van der Waals surface area contributed by atoms with E-state index in [4.69, 9.17) is 21.4 Å². The fourth-order valence-electron chi connectivity index (χ4n) is 1.10. The van der Waals surface area contributed by atoms with Crippen LogP contribution in [0.25, 0.3) is 0 Å². The lowest BCUT2D eigenvalue weighted by Crippen LogP contribution is -1.85. The van der Waals surface area contributed by atoms with E-state index in [2.05, 4.69) is 20.9 Å². The van der Waals surface area contributed by atoms with Gasteiger partial charge in [0.2, 0.25) is 0 Å². The number of hydrogen-bond acceptors (Lipinski definition) is 4. The fraction of sp³-hybridized carbons (Fsp3) is 0.100. The number of hydrogen-bond donors (Lipinski definition) is 1. The van der Waals surface area contributed by atoms with Gasteiger partial charge in [0.15, 0.2) is 0 Å². The summed E-state index contributed by atoms with van der Waals surface area (Å²) in [6.45, 7) is -0.200. The molecule has 1 aromatic heterocycles. The zero-order valence-electron chi connectivity index (χ0n) is 8.28. The van der Waals surface area contributed by atoms with E-state index in [0.29, 0.717) is 15.1 Å². The molecular formula is C10H6BrClFNO2S. The number of nitrogens with zero attached hydrogens (tertiary/aromatic N) is 1. The number of aromatic nitrogens is 1. The molecule has 0 amide bonds. The van der Waals surface area contributed by atoms with Crippen molar-refractivity contribution in [2.75, 3.05) is 0 Å². The number of thiazole rings is 1. The zero-order valence-corrected chi connectivity index (χ0v) is 11.4. The van der Waals surface area contributed by atoms with E-state index in [1.165, 1.54) is 12.1 Å². The molecule has 0 aliphatic heterocycles. The number of halogens is 3. The maximum absolute atomic E-state index is 13.2. The number of aliphatic hydroxyl groups excluding tert-OH is 1. The predicted molar refractivity (Wildman–Crippen MR) is 67.2 cm³/mol. The van der Waals surface area contributed by atoms with Gasteiger partial charge in [0, 0.05) is 6.07 Å². The van der Waals surface area contributed by atoms with Crippen molar-refractivity contribution in [2.45, 2.75) is 6.61 Å². The average molecular weight is 339 g/mol. The Balaban J connectivity index is 2.22. The Bertz CT molecular complexity index is 549. The fourth-order valence-corrected chi connectivity index (χ4v) is 2.32. The second kappa shape index (κ2) is 5.30. The second-order valence-corrected chi connectivity index (χ2v) is 5.29. The molecule has 0 fully saturated rings. The third-order valence-corrected chi connectivity index (χ3v) is 3.86. The summed E-state index contributed by atoms with van der Waals surface area (Å²) in [7, 11) is 0. The molecule has 1 N–H and O–H groups in total. The monoisotopic (exact) mass is 337 g/mol. The normalized spacial score (nSPS) is 10.6. The minimum absolute atomic E-state index is 0.199. The highest BCUT2D eigenvalue weighted by Gasteiger charge is 2.11. The number of ether oxygens (including phenoxy) is 1. The first kappa shape index (κ1) is 12.8. The van der Waals surface area contributed by atoms with Crippen LogP contribution in [0.15, 0.2) is 22.7 Å². The van der Waals surface area contributed by atoms with Crippen LogP contribution in [0, 0.1) is 5.82 Å². The molecule has 3 nitrogen and oxygen atoms in total. The Hall–Kier alpha value is -0.690. The van der Waals surface area contributed by atoms with Gasteiger partial charge in [0.1, 0.15) is 16.7 Å². The molecule has 0 unspecified atom stereocenters. The van der Waals surface area contributed by atoms with E-state index in [9.17, 15) is 4.39 Å². The minimum atomic E-state index is -0.424. The van der Waals surface area contributed by atoms with Crippen molar-refractivity contribution in [3.05, 3.63) is 38.5 Å². The van der Waals surface area contributed by atoms with Gasteiger partial charge in [-0.15, -0.1) is 0 Å². The first-order valence-electron chi connectivity index (χ1n) is 4.49. The first-order valence-corrected chi connectivity index (χ1v) is 6.48. The molecule has 0 aliphatic carbocycles. The minimum Gasteiger partial charge on any atom is -0.431 e. The SMILES string of the molecule is OCc1sc(Oc2ccc(Br)c(F)c2)nc1Cl. The largest absolute Gasteiger partial charge is 0.431 e. The molecule has 90 valence electrons. The Labute approximate surface area is 114 Å². The molecule has 0 aliphatic rings. The highest BCUT2D eigenvalue weighted by molar-refractivity contribution is 9.10. The van der Waals surface area contributed by atoms with Crippen molar-refractivity contribution >= 4 is 38.9 Å². The molecule has 0 saturated carbocycles. The van der Waals surface area contributed by atoms with Crippen LogP contribution in [-0.2, 0) is 6.61 Å². The van der Waals surface area contributed by atoms with Gasteiger partial charge in [0.05, 0.1) is 16.0 Å². The molecular weight excluding hydrogens is 333 g/mol. The second-order valence-electron chi connectivity index (χ2n) is 3.03. The van der Waals surface area contributed by atoms with Gasteiger partial charge < -0.3 is 9.84 Å². The van der Waals surface area contributed by atoms with Gasteiger partial charge in [-0.2, -0.15) is 4.98 Å². The third kappa shape index (κ3) is 2.95. The van der Waals surface area contributed by atoms with E-state index in [1.807, 2.05) is 0 Å². The van der Waals surface area contributed by atoms with Crippen molar-refractivity contribution in [3.8, 4) is 10.9 Å². The highest BCUT2D eigenvalue weighted by Crippen LogP contribution is 2.32. The van der Waals surface area contributed by atoms with E-state index in [0.717, 1.165) is 11.3 Å². The van der Waals surface area contributed by atoms with Gasteiger partial charge in [-0.3, -0.25) is 0 Å². The van der Waals surface area contributed by atoms with Crippen LogP contribution in [-0.4, -0.2) is 10.1 Å². The number of rotatable bonds is 3. The Kier molecular flexibility index (Phi) is 3.98. The zero-order chi connectivity index (χ0) is 12.4. The lowest BCUT2D eigenvalue weighted by molar-refractivity contribution is 0.285. The van der Waals surface area contributed by atoms with Gasteiger partial charge in [-0.05, 0) is 28.1 Å². The van der Waals surface area contributed by atoms with Crippen LogP contribution in [0.2, 0.25) is 5.15 Å². The van der Waals surface area contributed by atoms with Crippen molar-refractivity contribution in [3.63, 3.8) is 0 Å². The highest BCUT2D eigenvalue weighted by atomic mass is 79.9. The molecule has 1 heterocycles. The van der Waals surface area contributed by atoms with Gasteiger partial charge in [0.25, 0.3) is 5.19 Å². The van der Waals surface area contributed by atoms with Gasteiger partial charge >= 0.3 is 0 Å². The first-order chi connectivity index (χ1) is 8.10. The quantitative estimate of drug-likeness (QED) is 0.920. The van der Waals surface area contributed by atoms with Crippen LogP contribution in [0.5, 0.6) is 10.9 Å². The summed E-state index contributed by atoms with van der Waals surface area (Å²) < 4.78 is 18.9. The summed E-state index contributed by atoms with van der Waals surface area (Å²) in [5.41, 5.74) is 0. The van der Waals surface area contributed by atoms with Crippen LogP contribution in [0.4, 0.5) is 4.39 Å². The standard InChI is InChI=1S/C10H6BrClFNO2S/c11-6-2-1-5(3-7(6)13)16-10-14-9(12)8(4-15)17-10/h1-3,15H,4H2. The summed E-state index contributed by atoms with van der Waals surface area (Å²) in [5, 5.41) is 9.41. The summed E-state index contributed by atoms with van der Waals surface area (Å²) >= 11 is 9.90. The van der Waals surface area contributed by atoms with E-state index in [-0.39, 0.29) is 17.0 Å². The Morgan fingerprint density at radius 2 is 2.29 bits per heavy atom. The summed E-state index contributed by atoms with van der Waals surface area (Å²) in [6, 6.07) is 4.37. The molecule has 0 saturated heterocycles. The van der Waals surface area contributed by atoms with Gasteiger partial charge in [-0.1, -0.05) is 22.9 Å². The van der Waals surface area contributed by atoms with Crippen LogP contribution in [0.1, 0.15) is 4.88 Å². The molecule has 0 spiro atoms. The third-order valence-electron chi connectivity index (χ3n) is 1.87. The van der Waals surface area contributed by atoms with Crippen LogP contribution in [0.3, 0.4) is 0 Å². The molecule has 17 heavy (non-hydrogen) atoms. The van der Waals surface area contributed by atoms with Crippen LogP contribution < -0.4 is 4.74 Å². The predicted octanol–water partition coefficient (Wildman–Crippen LogP) is 3.98. The van der Waals surface area contributed by atoms with Crippen molar-refractivity contribution < 1.29 is 14.2 Å². The van der Waals surface area contributed by atoms with E-state index >= 15 is 0 Å². The van der Waals surface area contributed by atoms with Crippen molar-refractivity contribution in [1.29, 1.82) is 0 Å². The summed E-state index contributed by atoms with van der Waals surface area (Å²) in [4.78, 5) is 4.41. The molecule has 0 bridgehead atoms. The number of aliphatic hydroxyl groups is 1. The van der Waals surface area contributed by atoms with Crippen molar-refractivity contribution in [2.24, 2.45) is 0 Å².